The molecule has 1 aliphatic heterocycles. The van der Waals surface area contributed by atoms with Crippen LogP contribution in [0.15, 0.2) is 82.0 Å². The van der Waals surface area contributed by atoms with Gasteiger partial charge in [0, 0.05) is 43.9 Å². The summed E-state index contributed by atoms with van der Waals surface area (Å²) in [6.07, 6.45) is 1.45. The molecule has 234 valence electrons. The Balaban J connectivity index is 0.000000818. The average Bonchev–Trinajstić information content (AvgIpc) is 3.00. The van der Waals surface area contributed by atoms with Gasteiger partial charge in [0.25, 0.3) is 10.1 Å². The van der Waals surface area contributed by atoms with Crippen LogP contribution in [0.4, 0.5) is 16.2 Å². The van der Waals surface area contributed by atoms with E-state index < -0.39 is 16.1 Å². The summed E-state index contributed by atoms with van der Waals surface area (Å²) in [5, 5.41) is 0.434. The number of rotatable bonds is 8. The first-order valence-electron chi connectivity index (χ1n) is 14.2. The third kappa shape index (κ3) is 8.16. The monoisotopic (exact) mass is 622 g/mol. The lowest BCUT2D eigenvalue weighted by atomic mass is 10.1. The molecule has 2 heterocycles. The van der Waals surface area contributed by atoms with E-state index in [0.717, 1.165) is 56.1 Å². The quantitative estimate of drug-likeness (QED) is 0.273. The maximum Gasteiger partial charge on any atom is 0.319 e. The van der Waals surface area contributed by atoms with E-state index in [-0.39, 0.29) is 5.43 Å². The summed E-state index contributed by atoms with van der Waals surface area (Å²) in [6, 6.07) is 22.3. The molecule has 5 rings (SSSR count). The Morgan fingerprint density at radius 3 is 2.27 bits per heavy atom. The molecule has 0 bridgehead atoms. The van der Waals surface area contributed by atoms with Crippen LogP contribution in [0.5, 0.6) is 5.75 Å². The van der Waals surface area contributed by atoms with Crippen LogP contribution in [-0.4, -0.2) is 76.5 Å². The molecule has 2 amide bonds. The number of piperazine rings is 1. The second kappa shape index (κ2) is 14.4. The Kier molecular flexibility index (Phi) is 10.6. The minimum Gasteiger partial charge on any atom is -0.495 e. The minimum absolute atomic E-state index is 0.116. The van der Waals surface area contributed by atoms with Crippen molar-refractivity contribution < 1.29 is 26.9 Å². The standard InChI is InChI=1S/C31H34N4O4.CH4O3S/c1-22-28(36)24-12-8-14-26(30(24)39-29(22)23-10-4-3-5-11-23)35(31(32)37)17-9-16-33-18-20-34(21-19-33)25-13-6-7-15-27(25)38-2;1-5(2,3)4/h3-8,10-15H,9,16-21H2,1-2H3,(H2,32,37);1H3,(H,2,3,4). The molecule has 4 aromatic rings. The van der Waals surface area contributed by atoms with Crippen LogP contribution < -0.4 is 25.7 Å². The van der Waals surface area contributed by atoms with Crippen LogP contribution >= 0.6 is 0 Å². The number of para-hydroxylation sites is 3. The zero-order valence-corrected chi connectivity index (χ0v) is 25.9. The SMILES string of the molecule is COc1ccccc1N1CCN(CCCN(C(N)=O)c2cccc3c(=O)c(C)c(-c4ccccc4)oc23)CC1.CS(=O)(=O)O. The van der Waals surface area contributed by atoms with Crippen molar-refractivity contribution >= 4 is 38.5 Å². The van der Waals surface area contributed by atoms with Gasteiger partial charge in [0.15, 0.2) is 11.0 Å². The van der Waals surface area contributed by atoms with E-state index in [1.807, 2.05) is 48.5 Å². The Morgan fingerprint density at radius 2 is 1.64 bits per heavy atom. The molecule has 0 unspecified atom stereocenters. The van der Waals surface area contributed by atoms with Gasteiger partial charge in [0.2, 0.25) is 0 Å². The van der Waals surface area contributed by atoms with Crippen LogP contribution in [0.1, 0.15) is 12.0 Å². The Bertz CT molecular complexity index is 1740. The van der Waals surface area contributed by atoms with Crippen molar-refractivity contribution in [2.75, 3.05) is 62.4 Å². The number of fused-ring (bicyclic) bond motifs is 1. The van der Waals surface area contributed by atoms with Gasteiger partial charge in [-0.15, -0.1) is 0 Å². The average molecular weight is 623 g/mol. The molecule has 1 fully saturated rings. The van der Waals surface area contributed by atoms with Gasteiger partial charge in [0.05, 0.1) is 30.1 Å². The molecule has 44 heavy (non-hydrogen) atoms. The fourth-order valence-electron chi connectivity index (χ4n) is 5.28. The summed E-state index contributed by atoms with van der Waals surface area (Å²) in [5.74, 6) is 1.38. The summed E-state index contributed by atoms with van der Waals surface area (Å²) in [4.78, 5) is 32.1. The van der Waals surface area contributed by atoms with Crippen LogP contribution in [0.3, 0.4) is 0 Å². The minimum atomic E-state index is -3.67. The number of amides is 2. The molecule has 1 saturated heterocycles. The predicted molar refractivity (Wildman–Crippen MR) is 173 cm³/mol. The molecular weight excluding hydrogens is 584 g/mol. The van der Waals surface area contributed by atoms with Gasteiger partial charge < -0.3 is 19.8 Å². The van der Waals surface area contributed by atoms with Gasteiger partial charge in [-0.05, 0) is 44.2 Å². The first-order chi connectivity index (χ1) is 21.0. The first kappa shape index (κ1) is 32.5. The van der Waals surface area contributed by atoms with Gasteiger partial charge in [-0.2, -0.15) is 8.42 Å². The number of hydrogen-bond donors (Lipinski definition) is 2. The lowest BCUT2D eigenvalue weighted by molar-refractivity contribution is 0.247. The zero-order chi connectivity index (χ0) is 31.9. The van der Waals surface area contributed by atoms with Crippen LogP contribution in [0.2, 0.25) is 0 Å². The van der Waals surface area contributed by atoms with Crippen molar-refractivity contribution in [1.29, 1.82) is 0 Å². The van der Waals surface area contributed by atoms with E-state index in [1.165, 1.54) is 4.90 Å². The van der Waals surface area contributed by atoms with E-state index >= 15 is 0 Å². The number of carbonyl (C=O) groups is 1. The summed E-state index contributed by atoms with van der Waals surface area (Å²) in [6.45, 7) is 6.63. The summed E-state index contributed by atoms with van der Waals surface area (Å²) in [5.41, 5.74) is 9.06. The molecule has 0 spiro atoms. The van der Waals surface area contributed by atoms with E-state index in [0.29, 0.717) is 40.8 Å². The summed E-state index contributed by atoms with van der Waals surface area (Å²) in [7, 11) is -1.97. The lowest BCUT2D eigenvalue weighted by Crippen LogP contribution is -2.47. The van der Waals surface area contributed by atoms with Crippen molar-refractivity contribution in [3.63, 3.8) is 0 Å². The van der Waals surface area contributed by atoms with Gasteiger partial charge in [-0.3, -0.25) is 19.1 Å². The number of urea groups is 1. The zero-order valence-electron chi connectivity index (χ0n) is 25.1. The van der Waals surface area contributed by atoms with Crippen LogP contribution in [-0.2, 0) is 10.1 Å². The van der Waals surface area contributed by atoms with E-state index in [4.69, 9.17) is 19.4 Å². The molecule has 0 atom stereocenters. The molecule has 12 heteroatoms. The highest BCUT2D eigenvalue weighted by atomic mass is 32.2. The molecular formula is C32H38N4O7S. The van der Waals surface area contributed by atoms with E-state index in [9.17, 15) is 18.0 Å². The second-order valence-electron chi connectivity index (χ2n) is 10.5. The number of nitrogens with zero attached hydrogens (tertiary/aromatic N) is 3. The summed E-state index contributed by atoms with van der Waals surface area (Å²) < 4.78 is 37.7. The summed E-state index contributed by atoms with van der Waals surface area (Å²) >= 11 is 0. The van der Waals surface area contributed by atoms with Crippen molar-refractivity contribution in [3.8, 4) is 17.1 Å². The number of benzene rings is 3. The maximum atomic E-state index is 13.2. The number of carbonyl (C=O) groups excluding carboxylic acids is 1. The molecule has 0 saturated carbocycles. The highest BCUT2D eigenvalue weighted by molar-refractivity contribution is 7.85. The van der Waals surface area contributed by atoms with Crippen LogP contribution in [0, 0.1) is 6.92 Å². The molecule has 3 aromatic carbocycles. The highest BCUT2D eigenvalue weighted by Crippen LogP contribution is 2.32. The largest absolute Gasteiger partial charge is 0.495 e. The van der Waals surface area contributed by atoms with Crippen molar-refractivity contribution in [2.24, 2.45) is 5.73 Å². The Morgan fingerprint density at radius 1 is 1.00 bits per heavy atom. The molecule has 3 N–H and O–H groups in total. The molecule has 1 aliphatic rings. The Labute approximate surface area is 257 Å². The number of methoxy groups -OCH3 is 1. The fourth-order valence-corrected chi connectivity index (χ4v) is 5.28. The van der Waals surface area contributed by atoms with Gasteiger partial charge in [-0.25, -0.2) is 4.79 Å². The molecule has 1 aromatic heterocycles. The first-order valence-corrected chi connectivity index (χ1v) is 16.0. The number of primary amides is 1. The third-order valence-corrected chi connectivity index (χ3v) is 7.37. The Hall–Kier alpha value is -4.39. The molecule has 0 aliphatic carbocycles. The number of anilines is 2. The fraction of sp³-hybridized carbons (Fsp3) is 0.312. The molecule has 11 nitrogen and oxygen atoms in total. The number of hydrogen-bond acceptors (Lipinski definition) is 8. The smallest absolute Gasteiger partial charge is 0.319 e. The third-order valence-electron chi connectivity index (χ3n) is 7.37. The van der Waals surface area contributed by atoms with Gasteiger partial charge in [0.1, 0.15) is 11.5 Å². The number of nitrogens with two attached hydrogens (primary N) is 1. The number of ether oxygens (including phenoxy) is 1. The highest BCUT2D eigenvalue weighted by Gasteiger charge is 2.23. The van der Waals surface area contributed by atoms with Gasteiger partial charge in [-0.1, -0.05) is 48.5 Å². The van der Waals surface area contributed by atoms with Gasteiger partial charge >= 0.3 is 6.03 Å². The van der Waals surface area contributed by atoms with E-state index in [1.54, 1.807) is 32.2 Å². The molecule has 0 radical (unpaired) electrons. The van der Waals surface area contributed by atoms with Crippen molar-refractivity contribution in [3.05, 3.63) is 88.6 Å². The topological polar surface area (TPSA) is 147 Å². The van der Waals surface area contributed by atoms with Crippen molar-refractivity contribution in [2.45, 2.75) is 13.3 Å². The van der Waals surface area contributed by atoms with E-state index in [2.05, 4.69) is 15.9 Å². The normalized spacial score (nSPS) is 13.7. The van der Waals surface area contributed by atoms with Crippen molar-refractivity contribution in [1.82, 2.24) is 4.90 Å². The predicted octanol–water partition coefficient (Wildman–Crippen LogP) is 4.38. The second-order valence-corrected chi connectivity index (χ2v) is 11.9. The lowest BCUT2D eigenvalue weighted by Gasteiger charge is -2.36. The van der Waals surface area contributed by atoms with Crippen LogP contribution in [0.25, 0.3) is 22.3 Å². The maximum absolute atomic E-state index is 13.2.